The van der Waals surface area contributed by atoms with E-state index in [1.807, 2.05) is 10.9 Å². The molecule has 0 radical (unpaired) electrons. The van der Waals surface area contributed by atoms with Crippen LogP contribution in [0.5, 0.6) is 0 Å². The molecular formula is C20H19N9O2S. The number of fused-ring (bicyclic) bond motifs is 2. The number of hydrogen-bond acceptors (Lipinski definition) is 8. The predicted molar refractivity (Wildman–Crippen MR) is 115 cm³/mol. The van der Waals surface area contributed by atoms with Gasteiger partial charge in [-0.1, -0.05) is 0 Å². The van der Waals surface area contributed by atoms with Crippen molar-refractivity contribution >= 4 is 26.7 Å². The summed E-state index contributed by atoms with van der Waals surface area (Å²) in [5, 5.41) is 16.0. The molecule has 162 valence electrons. The zero-order valence-corrected chi connectivity index (χ0v) is 17.7. The van der Waals surface area contributed by atoms with Gasteiger partial charge in [0, 0.05) is 29.7 Å². The van der Waals surface area contributed by atoms with Crippen LogP contribution in [0.25, 0.3) is 27.8 Å². The summed E-state index contributed by atoms with van der Waals surface area (Å²) in [6.45, 7) is 1.95. The Labute approximate surface area is 182 Å². The van der Waals surface area contributed by atoms with Crippen molar-refractivity contribution < 1.29 is 8.42 Å². The largest absolute Gasteiger partial charge is 0.317 e. The van der Waals surface area contributed by atoms with E-state index in [-0.39, 0.29) is 5.03 Å². The Bertz CT molecular complexity index is 1540. The highest BCUT2D eigenvalue weighted by Gasteiger charge is 2.26. The van der Waals surface area contributed by atoms with Gasteiger partial charge >= 0.3 is 10.0 Å². The highest BCUT2D eigenvalue weighted by Crippen LogP contribution is 2.27. The van der Waals surface area contributed by atoms with E-state index < -0.39 is 10.0 Å². The van der Waals surface area contributed by atoms with Crippen molar-refractivity contribution in [1.29, 1.82) is 0 Å². The Balaban J connectivity index is 1.42. The van der Waals surface area contributed by atoms with Crippen LogP contribution < -0.4 is 5.32 Å². The molecule has 1 aliphatic rings. The van der Waals surface area contributed by atoms with Gasteiger partial charge < -0.3 is 5.32 Å². The van der Waals surface area contributed by atoms with Crippen LogP contribution in [-0.2, 0) is 10.0 Å². The lowest BCUT2D eigenvalue weighted by atomic mass is 10.1. The zero-order valence-electron chi connectivity index (χ0n) is 16.9. The van der Waals surface area contributed by atoms with E-state index in [0.717, 1.165) is 41.1 Å². The molecule has 0 unspecified atom stereocenters. The van der Waals surface area contributed by atoms with E-state index >= 15 is 0 Å². The fraction of sp³-hybridized carbons (Fsp3) is 0.250. The summed E-state index contributed by atoms with van der Waals surface area (Å²) in [5.74, 6) is 0. The van der Waals surface area contributed by atoms with E-state index in [1.165, 1.54) is 23.1 Å². The van der Waals surface area contributed by atoms with Gasteiger partial charge in [0.2, 0.25) is 0 Å². The van der Waals surface area contributed by atoms with Gasteiger partial charge in [-0.3, -0.25) is 9.67 Å². The smallest absolute Gasteiger partial charge is 0.302 e. The number of nitrogens with zero attached hydrogens (tertiary/aromatic N) is 8. The fourth-order valence-corrected chi connectivity index (χ4v) is 5.36. The first-order valence-corrected chi connectivity index (χ1v) is 11.7. The zero-order chi connectivity index (χ0) is 21.7. The quantitative estimate of drug-likeness (QED) is 0.438. The first-order valence-electron chi connectivity index (χ1n) is 10.2. The maximum atomic E-state index is 13.4. The molecule has 0 saturated carbocycles. The van der Waals surface area contributed by atoms with Gasteiger partial charge in [-0.2, -0.15) is 27.8 Å². The van der Waals surface area contributed by atoms with Crippen LogP contribution in [0.2, 0.25) is 0 Å². The maximum absolute atomic E-state index is 13.4. The van der Waals surface area contributed by atoms with Crippen LogP contribution in [0.15, 0.2) is 60.4 Å². The third kappa shape index (κ3) is 2.99. The van der Waals surface area contributed by atoms with E-state index in [1.54, 1.807) is 30.6 Å². The number of aromatic nitrogens is 8. The minimum atomic E-state index is -4.04. The van der Waals surface area contributed by atoms with Crippen molar-refractivity contribution in [2.75, 3.05) is 13.1 Å². The molecule has 1 saturated heterocycles. The standard InChI is InChI=1S/C20H19N9O2S/c30-32(31,20-12-23-19-2-1-5-24-28(19)20)29-18-8-14(9-22-17(18)11-26-29)15-10-25-27(13-15)16-3-6-21-7-4-16/h1-2,5,8-13,16,21H,3-4,6-7H2. The Morgan fingerprint density at radius 3 is 2.72 bits per heavy atom. The summed E-state index contributed by atoms with van der Waals surface area (Å²) in [6, 6.07) is 5.51. The first-order chi connectivity index (χ1) is 15.6. The molecule has 32 heavy (non-hydrogen) atoms. The Morgan fingerprint density at radius 2 is 1.84 bits per heavy atom. The normalized spacial score (nSPS) is 15.6. The molecular weight excluding hydrogens is 430 g/mol. The van der Waals surface area contributed by atoms with Crippen molar-refractivity contribution in [3.63, 3.8) is 0 Å². The second kappa shape index (κ2) is 7.21. The van der Waals surface area contributed by atoms with Gasteiger partial charge in [-0.05, 0) is 44.1 Å². The van der Waals surface area contributed by atoms with E-state index in [2.05, 4.69) is 30.6 Å². The van der Waals surface area contributed by atoms with Crippen LogP contribution >= 0.6 is 0 Å². The fourth-order valence-electron chi connectivity index (χ4n) is 4.07. The van der Waals surface area contributed by atoms with Gasteiger partial charge in [-0.15, -0.1) is 0 Å². The molecule has 5 aromatic heterocycles. The summed E-state index contributed by atoms with van der Waals surface area (Å²) in [4.78, 5) is 8.56. The van der Waals surface area contributed by atoms with Crippen LogP contribution in [0.3, 0.4) is 0 Å². The Hall–Kier alpha value is -3.64. The van der Waals surface area contributed by atoms with Gasteiger partial charge in [0.15, 0.2) is 10.7 Å². The molecule has 0 aliphatic carbocycles. The number of piperidine rings is 1. The Morgan fingerprint density at radius 1 is 0.969 bits per heavy atom. The lowest BCUT2D eigenvalue weighted by molar-refractivity contribution is 0.343. The summed E-state index contributed by atoms with van der Waals surface area (Å²) in [6.07, 6.45) is 11.8. The number of imidazole rings is 1. The summed E-state index contributed by atoms with van der Waals surface area (Å²) in [7, 11) is -4.04. The van der Waals surface area contributed by atoms with Gasteiger partial charge in [-0.25, -0.2) is 9.50 Å². The van der Waals surface area contributed by atoms with Crippen molar-refractivity contribution in [3.8, 4) is 11.1 Å². The molecule has 1 fully saturated rings. The van der Waals surface area contributed by atoms with Crippen LogP contribution in [0.4, 0.5) is 0 Å². The molecule has 6 rings (SSSR count). The van der Waals surface area contributed by atoms with Crippen molar-refractivity contribution in [1.82, 2.24) is 43.9 Å². The molecule has 12 heteroatoms. The lowest BCUT2D eigenvalue weighted by Gasteiger charge is -2.22. The molecule has 0 spiro atoms. The second-order valence-corrected chi connectivity index (χ2v) is 9.42. The molecule has 0 amide bonds. The summed E-state index contributed by atoms with van der Waals surface area (Å²) >= 11 is 0. The SMILES string of the molecule is O=S(=O)(c1cnc2cccnn12)n1ncc2ncc(-c3cnn(C4CCNCC4)c3)cc21. The molecule has 6 heterocycles. The molecule has 1 N–H and O–H groups in total. The highest BCUT2D eigenvalue weighted by atomic mass is 32.2. The molecule has 1 aliphatic heterocycles. The third-order valence-corrected chi connectivity index (χ3v) is 7.30. The van der Waals surface area contributed by atoms with E-state index in [9.17, 15) is 8.42 Å². The van der Waals surface area contributed by atoms with Crippen LogP contribution in [-0.4, -0.2) is 60.1 Å². The first kappa shape index (κ1) is 19.1. The lowest BCUT2D eigenvalue weighted by Crippen LogP contribution is -2.29. The van der Waals surface area contributed by atoms with E-state index in [0.29, 0.717) is 22.7 Å². The van der Waals surface area contributed by atoms with Crippen molar-refractivity contribution in [3.05, 3.63) is 55.4 Å². The number of rotatable bonds is 4. The third-order valence-electron chi connectivity index (χ3n) is 5.74. The van der Waals surface area contributed by atoms with Gasteiger partial charge in [0.1, 0.15) is 11.0 Å². The number of nitrogens with one attached hydrogen (secondary N) is 1. The van der Waals surface area contributed by atoms with E-state index in [4.69, 9.17) is 0 Å². The minimum Gasteiger partial charge on any atom is -0.317 e. The van der Waals surface area contributed by atoms with Crippen LogP contribution in [0.1, 0.15) is 18.9 Å². The summed E-state index contributed by atoms with van der Waals surface area (Å²) < 4.78 is 31.0. The molecule has 11 nitrogen and oxygen atoms in total. The monoisotopic (exact) mass is 449 g/mol. The van der Waals surface area contributed by atoms with Gasteiger partial charge in [0.05, 0.1) is 24.6 Å². The number of pyridine rings is 1. The maximum Gasteiger partial charge on any atom is 0.302 e. The van der Waals surface area contributed by atoms with Crippen LogP contribution in [0, 0.1) is 0 Å². The average molecular weight is 450 g/mol. The minimum absolute atomic E-state index is 0.0674. The summed E-state index contributed by atoms with van der Waals surface area (Å²) in [5.41, 5.74) is 2.94. The molecule has 5 aromatic rings. The predicted octanol–water partition coefficient (Wildman–Crippen LogP) is 1.50. The van der Waals surface area contributed by atoms with Crippen molar-refractivity contribution in [2.45, 2.75) is 23.9 Å². The van der Waals surface area contributed by atoms with Crippen molar-refractivity contribution in [2.24, 2.45) is 0 Å². The Kier molecular flexibility index (Phi) is 4.30. The highest BCUT2D eigenvalue weighted by molar-refractivity contribution is 7.90. The topological polar surface area (TPSA) is 125 Å². The molecule has 0 bridgehead atoms. The van der Waals surface area contributed by atoms with Gasteiger partial charge in [0.25, 0.3) is 0 Å². The number of hydrogen-bond donors (Lipinski definition) is 1. The molecule has 0 aromatic carbocycles. The second-order valence-electron chi connectivity index (χ2n) is 7.70. The average Bonchev–Trinajstić information content (AvgIpc) is 3.57. The molecule has 0 atom stereocenters.